The third kappa shape index (κ3) is 2.43. The van der Waals surface area contributed by atoms with Crippen molar-refractivity contribution in [2.24, 2.45) is 0 Å². The van der Waals surface area contributed by atoms with Crippen molar-refractivity contribution < 1.29 is 4.39 Å². The molecule has 3 aromatic rings. The third-order valence-corrected chi connectivity index (χ3v) is 5.35. The Hall–Kier alpha value is -2.64. The molecule has 0 spiro atoms. The van der Waals surface area contributed by atoms with Crippen molar-refractivity contribution in [3.8, 4) is 6.07 Å². The van der Waals surface area contributed by atoms with Crippen LogP contribution in [0.25, 0.3) is 0 Å². The minimum Gasteiger partial charge on any atom is -0.326 e. The number of hydrogen-bond acceptors (Lipinski definition) is 2. The van der Waals surface area contributed by atoms with Crippen LogP contribution in [0.4, 0.5) is 4.39 Å². The van der Waals surface area contributed by atoms with Crippen LogP contribution in [0.1, 0.15) is 41.8 Å². The first-order valence-corrected chi connectivity index (χ1v) is 8.38. The molecule has 5 heteroatoms. The predicted molar refractivity (Wildman–Crippen MR) is 94.0 cm³/mol. The molecular weight excluding hydrogens is 337 g/mol. The van der Waals surface area contributed by atoms with Crippen LogP contribution >= 0.6 is 11.6 Å². The maximum atomic E-state index is 14.6. The molecule has 0 saturated heterocycles. The van der Waals surface area contributed by atoms with Gasteiger partial charge < -0.3 is 4.57 Å². The lowest BCUT2D eigenvalue weighted by Crippen LogP contribution is -2.20. The van der Waals surface area contributed by atoms with E-state index in [1.807, 2.05) is 41.1 Å². The Bertz CT molecular complexity index is 1000. The van der Waals surface area contributed by atoms with Gasteiger partial charge in [0, 0.05) is 27.9 Å². The predicted octanol–water partition coefficient (Wildman–Crippen LogP) is 4.85. The maximum Gasteiger partial charge on any atom is 0.129 e. The lowest BCUT2D eigenvalue weighted by atomic mass is 9.77. The van der Waals surface area contributed by atoms with Gasteiger partial charge in [0.25, 0.3) is 0 Å². The minimum atomic E-state index is -0.362. The molecular formula is C20H15ClFN3. The Kier molecular flexibility index (Phi) is 3.63. The Morgan fingerprint density at radius 2 is 2.16 bits per heavy atom. The summed E-state index contributed by atoms with van der Waals surface area (Å²) in [4.78, 5) is 4.28. The largest absolute Gasteiger partial charge is 0.326 e. The van der Waals surface area contributed by atoms with Crippen molar-refractivity contribution in [1.82, 2.24) is 9.55 Å². The van der Waals surface area contributed by atoms with Gasteiger partial charge in [-0.15, -0.1) is 0 Å². The summed E-state index contributed by atoms with van der Waals surface area (Å²) in [5.74, 6) is -0.362. The van der Waals surface area contributed by atoms with Crippen molar-refractivity contribution in [2.75, 3.05) is 0 Å². The summed E-state index contributed by atoms with van der Waals surface area (Å²) < 4.78 is 16.6. The molecule has 0 amide bonds. The summed E-state index contributed by atoms with van der Waals surface area (Å²) in [5.41, 5.74) is 2.69. The molecule has 0 N–H and O–H groups in total. The Balaban J connectivity index is 1.83. The quantitative estimate of drug-likeness (QED) is 0.662. The molecule has 25 heavy (non-hydrogen) atoms. The topological polar surface area (TPSA) is 41.6 Å². The molecule has 1 aliphatic rings. The van der Waals surface area contributed by atoms with Crippen molar-refractivity contribution >= 4 is 11.6 Å². The standard InChI is InChI=1S/C20H15ClFN3/c1-20(14-3-2-4-15(21)8-14)9-18(25-12-24-11-19(20)25)16-6-5-13(10-23)7-17(16)22/h2-8,11-12,18H,9H2,1H3/t18-,20?/m1/s1. The Morgan fingerprint density at radius 1 is 1.32 bits per heavy atom. The van der Waals surface area contributed by atoms with E-state index in [1.165, 1.54) is 6.07 Å². The van der Waals surface area contributed by atoms with E-state index in [9.17, 15) is 4.39 Å². The zero-order valence-corrected chi connectivity index (χ0v) is 14.3. The molecule has 2 heterocycles. The average Bonchev–Trinajstić information content (AvgIpc) is 3.19. The number of nitriles is 1. The molecule has 124 valence electrons. The number of nitrogens with zero attached hydrogens (tertiary/aromatic N) is 3. The fourth-order valence-electron chi connectivity index (χ4n) is 3.79. The summed E-state index contributed by atoms with van der Waals surface area (Å²) in [6.07, 6.45) is 4.28. The van der Waals surface area contributed by atoms with Gasteiger partial charge in [-0.2, -0.15) is 5.26 Å². The van der Waals surface area contributed by atoms with Gasteiger partial charge in [0.05, 0.1) is 24.0 Å². The van der Waals surface area contributed by atoms with Gasteiger partial charge in [0.15, 0.2) is 0 Å². The Morgan fingerprint density at radius 3 is 2.88 bits per heavy atom. The number of imidazole rings is 1. The molecule has 4 rings (SSSR count). The van der Waals surface area contributed by atoms with Crippen molar-refractivity contribution in [1.29, 1.82) is 5.26 Å². The molecule has 0 aliphatic carbocycles. The first-order valence-electron chi connectivity index (χ1n) is 8.01. The highest BCUT2D eigenvalue weighted by molar-refractivity contribution is 6.30. The summed E-state index contributed by atoms with van der Waals surface area (Å²) in [7, 11) is 0. The molecule has 0 bridgehead atoms. The lowest BCUT2D eigenvalue weighted by Gasteiger charge is -2.25. The number of halogens is 2. The zero-order chi connectivity index (χ0) is 17.6. The third-order valence-electron chi connectivity index (χ3n) is 5.12. The second kappa shape index (κ2) is 5.72. The number of fused-ring (bicyclic) bond motifs is 1. The first kappa shape index (κ1) is 15.9. The normalized spacial score (nSPS) is 21.8. The van der Waals surface area contributed by atoms with E-state index in [-0.39, 0.29) is 17.3 Å². The highest BCUT2D eigenvalue weighted by Gasteiger charge is 2.43. The van der Waals surface area contributed by atoms with Crippen LogP contribution in [-0.4, -0.2) is 9.55 Å². The minimum absolute atomic E-state index is 0.172. The van der Waals surface area contributed by atoms with Gasteiger partial charge in [-0.25, -0.2) is 9.37 Å². The van der Waals surface area contributed by atoms with E-state index in [4.69, 9.17) is 16.9 Å². The van der Waals surface area contributed by atoms with Crippen LogP contribution in [-0.2, 0) is 5.41 Å². The monoisotopic (exact) mass is 351 g/mol. The van der Waals surface area contributed by atoms with Gasteiger partial charge in [0.1, 0.15) is 5.82 Å². The van der Waals surface area contributed by atoms with Gasteiger partial charge in [-0.3, -0.25) is 0 Å². The highest BCUT2D eigenvalue weighted by atomic mass is 35.5. The van der Waals surface area contributed by atoms with E-state index in [0.29, 0.717) is 22.6 Å². The van der Waals surface area contributed by atoms with Crippen LogP contribution in [0.2, 0.25) is 5.02 Å². The molecule has 0 fully saturated rings. The lowest BCUT2D eigenvalue weighted by molar-refractivity contribution is 0.493. The van der Waals surface area contributed by atoms with Gasteiger partial charge >= 0.3 is 0 Å². The second-order valence-corrected chi connectivity index (χ2v) is 7.03. The zero-order valence-electron chi connectivity index (χ0n) is 13.6. The van der Waals surface area contributed by atoms with Crippen molar-refractivity contribution in [3.05, 3.63) is 88.2 Å². The molecule has 0 saturated carbocycles. The van der Waals surface area contributed by atoms with E-state index in [1.54, 1.807) is 18.5 Å². The Labute approximate surface area is 150 Å². The molecule has 1 aromatic heterocycles. The van der Waals surface area contributed by atoms with E-state index in [0.717, 1.165) is 11.3 Å². The highest BCUT2D eigenvalue weighted by Crippen LogP contribution is 2.48. The summed E-state index contributed by atoms with van der Waals surface area (Å²) >= 11 is 6.19. The number of hydrogen-bond donors (Lipinski definition) is 0. The molecule has 2 atom stereocenters. The smallest absolute Gasteiger partial charge is 0.129 e. The second-order valence-electron chi connectivity index (χ2n) is 6.60. The van der Waals surface area contributed by atoms with Crippen LogP contribution in [0.15, 0.2) is 55.0 Å². The number of benzene rings is 2. The summed E-state index contributed by atoms with van der Waals surface area (Å²) in [6, 6.07) is 14.2. The maximum absolute atomic E-state index is 14.6. The van der Waals surface area contributed by atoms with E-state index < -0.39 is 0 Å². The molecule has 1 unspecified atom stereocenters. The van der Waals surface area contributed by atoms with Crippen molar-refractivity contribution in [2.45, 2.75) is 24.8 Å². The van der Waals surface area contributed by atoms with E-state index >= 15 is 0 Å². The van der Waals surface area contributed by atoms with Gasteiger partial charge in [-0.1, -0.05) is 29.8 Å². The average molecular weight is 352 g/mol. The summed E-state index contributed by atoms with van der Waals surface area (Å²) in [6.45, 7) is 2.13. The van der Waals surface area contributed by atoms with Crippen LogP contribution in [0, 0.1) is 17.1 Å². The van der Waals surface area contributed by atoms with Crippen LogP contribution in [0.3, 0.4) is 0 Å². The fourth-order valence-corrected chi connectivity index (χ4v) is 3.98. The molecule has 1 aliphatic heterocycles. The number of rotatable bonds is 2. The van der Waals surface area contributed by atoms with E-state index in [2.05, 4.69) is 11.9 Å². The first-order chi connectivity index (χ1) is 12.0. The molecule has 2 aromatic carbocycles. The SMILES string of the molecule is CC1(c2cccc(Cl)c2)C[C@H](c2ccc(C#N)cc2F)n2cncc21. The van der Waals surface area contributed by atoms with Gasteiger partial charge in [0.2, 0.25) is 0 Å². The fraction of sp³-hybridized carbons (Fsp3) is 0.200. The van der Waals surface area contributed by atoms with Crippen LogP contribution < -0.4 is 0 Å². The summed E-state index contributed by atoms with van der Waals surface area (Å²) in [5, 5.41) is 9.63. The number of aromatic nitrogens is 2. The van der Waals surface area contributed by atoms with Crippen molar-refractivity contribution in [3.63, 3.8) is 0 Å². The van der Waals surface area contributed by atoms with Gasteiger partial charge in [-0.05, 0) is 43.2 Å². The molecule has 3 nitrogen and oxygen atoms in total. The molecule has 0 radical (unpaired) electrons. The van der Waals surface area contributed by atoms with Crippen LogP contribution in [0.5, 0.6) is 0 Å².